The van der Waals surface area contributed by atoms with Crippen LogP contribution in [0.5, 0.6) is 0 Å². The number of nitrogens with zero attached hydrogens (tertiary/aromatic N) is 5. The maximum atomic E-state index is 4.33. The highest BCUT2D eigenvalue weighted by Crippen LogP contribution is 2.31. The minimum atomic E-state index is 0.553. The van der Waals surface area contributed by atoms with Crippen molar-refractivity contribution < 1.29 is 0 Å². The van der Waals surface area contributed by atoms with E-state index in [1.54, 1.807) is 23.7 Å². The largest absolute Gasteiger partial charge is 0.341 e. The summed E-state index contributed by atoms with van der Waals surface area (Å²) in [5.74, 6) is 1.39. The Labute approximate surface area is 116 Å². The molecule has 0 atom stereocenters. The van der Waals surface area contributed by atoms with Crippen molar-refractivity contribution in [2.45, 2.75) is 32.1 Å². The van der Waals surface area contributed by atoms with E-state index in [1.807, 2.05) is 6.07 Å². The zero-order chi connectivity index (χ0) is 13.1. The van der Waals surface area contributed by atoms with E-state index >= 15 is 0 Å². The first-order valence-corrected chi connectivity index (χ1v) is 7.52. The average Bonchev–Trinajstić information content (AvgIpc) is 2.97. The van der Waals surface area contributed by atoms with Gasteiger partial charge in [0.25, 0.3) is 0 Å². The lowest BCUT2D eigenvalue weighted by atomic mass is 9.98. The van der Waals surface area contributed by atoms with Gasteiger partial charge in [0.15, 0.2) is 0 Å². The first kappa shape index (κ1) is 12.5. The third kappa shape index (κ3) is 2.73. The molecular weight excluding hydrogens is 258 g/mol. The molecule has 1 saturated heterocycles. The van der Waals surface area contributed by atoms with Gasteiger partial charge in [0.1, 0.15) is 10.0 Å². The second kappa shape index (κ2) is 5.61. The highest BCUT2D eigenvalue weighted by atomic mass is 32.1. The molecule has 0 aliphatic carbocycles. The van der Waals surface area contributed by atoms with Gasteiger partial charge in [-0.25, -0.2) is 9.97 Å². The SMILES string of the molecule is CCc1nnc(C2CCN(c3ncccn3)CC2)s1. The van der Waals surface area contributed by atoms with Gasteiger partial charge in [-0.3, -0.25) is 0 Å². The van der Waals surface area contributed by atoms with Crippen LogP contribution in [0.3, 0.4) is 0 Å². The standard InChI is InChI=1S/C13H17N5S/c1-2-11-16-17-12(19-11)10-4-8-18(9-5-10)13-14-6-3-7-15-13/h3,6-7,10H,2,4-5,8-9H2,1H3. The quantitative estimate of drug-likeness (QED) is 0.860. The molecule has 0 N–H and O–H groups in total. The van der Waals surface area contributed by atoms with Crippen LogP contribution in [0.1, 0.15) is 35.7 Å². The van der Waals surface area contributed by atoms with Crippen molar-refractivity contribution in [3.05, 3.63) is 28.5 Å². The van der Waals surface area contributed by atoms with Crippen LogP contribution in [0.4, 0.5) is 5.95 Å². The van der Waals surface area contributed by atoms with Gasteiger partial charge in [0, 0.05) is 31.4 Å². The van der Waals surface area contributed by atoms with Crippen LogP contribution in [-0.4, -0.2) is 33.3 Å². The van der Waals surface area contributed by atoms with Crippen LogP contribution in [-0.2, 0) is 6.42 Å². The molecule has 0 aromatic carbocycles. The minimum Gasteiger partial charge on any atom is -0.341 e. The summed E-state index contributed by atoms with van der Waals surface area (Å²) in [6, 6.07) is 1.85. The van der Waals surface area contributed by atoms with Gasteiger partial charge in [-0.2, -0.15) is 0 Å². The van der Waals surface area contributed by atoms with E-state index in [9.17, 15) is 0 Å². The summed E-state index contributed by atoms with van der Waals surface area (Å²) in [7, 11) is 0. The normalized spacial score (nSPS) is 16.8. The van der Waals surface area contributed by atoms with Gasteiger partial charge in [0.05, 0.1) is 0 Å². The molecule has 1 fully saturated rings. The van der Waals surface area contributed by atoms with Crippen molar-refractivity contribution in [1.29, 1.82) is 0 Å². The van der Waals surface area contributed by atoms with Crippen molar-refractivity contribution in [1.82, 2.24) is 20.2 Å². The fraction of sp³-hybridized carbons (Fsp3) is 0.538. The Morgan fingerprint density at radius 1 is 1.21 bits per heavy atom. The van der Waals surface area contributed by atoms with Crippen LogP contribution in [0.25, 0.3) is 0 Å². The maximum absolute atomic E-state index is 4.33. The summed E-state index contributed by atoms with van der Waals surface area (Å²) in [5.41, 5.74) is 0. The topological polar surface area (TPSA) is 54.8 Å². The summed E-state index contributed by atoms with van der Waals surface area (Å²) >= 11 is 1.76. The zero-order valence-electron chi connectivity index (χ0n) is 11.0. The summed E-state index contributed by atoms with van der Waals surface area (Å²) in [4.78, 5) is 10.9. The lowest BCUT2D eigenvalue weighted by Gasteiger charge is -2.30. The molecule has 19 heavy (non-hydrogen) atoms. The van der Waals surface area contributed by atoms with Crippen LogP contribution in [0.15, 0.2) is 18.5 Å². The van der Waals surface area contributed by atoms with Gasteiger partial charge in [-0.15, -0.1) is 21.5 Å². The third-order valence-corrected chi connectivity index (χ3v) is 4.69. The molecule has 1 aliphatic heterocycles. The van der Waals surface area contributed by atoms with E-state index in [4.69, 9.17) is 0 Å². The number of aryl methyl sites for hydroxylation is 1. The maximum Gasteiger partial charge on any atom is 0.225 e. The molecule has 2 aromatic heterocycles. The zero-order valence-corrected chi connectivity index (χ0v) is 11.8. The highest BCUT2D eigenvalue weighted by Gasteiger charge is 2.24. The third-order valence-electron chi connectivity index (χ3n) is 3.46. The second-order valence-electron chi connectivity index (χ2n) is 4.70. The Kier molecular flexibility index (Phi) is 3.68. The summed E-state index contributed by atoms with van der Waals surface area (Å²) < 4.78 is 0. The van der Waals surface area contributed by atoms with E-state index in [0.29, 0.717) is 5.92 Å². The van der Waals surface area contributed by atoms with Gasteiger partial charge in [-0.1, -0.05) is 6.92 Å². The van der Waals surface area contributed by atoms with Gasteiger partial charge < -0.3 is 4.90 Å². The Hall–Kier alpha value is -1.56. The van der Waals surface area contributed by atoms with Crippen molar-refractivity contribution >= 4 is 17.3 Å². The van der Waals surface area contributed by atoms with Gasteiger partial charge in [-0.05, 0) is 25.3 Å². The fourth-order valence-electron chi connectivity index (χ4n) is 2.36. The Morgan fingerprint density at radius 3 is 2.58 bits per heavy atom. The minimum absolute atomic E-state index is 0.553. The summed E-state index contributed by atoms with van der Waals surface area (Å²) in [5, 5.41) is 10.9. The van der Waals surface area contributed by atoms with E-state index in [-0.39, 0.29) is 0 Å². The van der Waals surface area contributed by atoms with Gasteiger partial charge in [0.2, 0.25) is 5.95 Å². The van der Waals surface area contributed by atoms with Crippen LogP contribution in [0, 0.1) is 0 Å². The molecule has 1 aliphatic rings. The molecule has 0 saturated carbocycles. The molecule has 6 heteroatoms. The average molecular weight is 275 g/mol. The molecule has 0 bridgehead atoms. The first-order valence-electron chi connectivity index (χ1n) is 6.71. The van der Waals surface area contributed by atoms with Crippen molar-refractivity contribution in [2.75, 3.05) is 18.0 Å². The molecule has 2 aromatic rings. The predicted molar refractivity (Wildman–Crippen MR) is 75.5 cm³/mol. The lowest BCUT2D eigenvalue weighted by Crippen LogP contribution is -2.34. The fourth-order valence-corrected chi connectivity index (χ4v) is 3.31. The number of piperidine rings is 1. The van der Waals surface area contributed by atoms with E-state index in [0.717, 1.165) is 43.3 Å². The van der Waals surface area contributed by atoms with Crippen LogP contribution in [0.2, 0.25) is 0 Å². The predicted octanol–water partition coefficient (Wildman–Crippen LogP) is 2.27. The monoisotopic (exact) mass is 275 g/mol. The lowest BCUT2D eigenvalue weighted by molar-refractivity contribution is 0.495. The van der Waals surface area contributed by atoms with Crippen LogP contribution >= 0.6 is 11.3 Å². The second-order valence-corrected chi connectivity index (χ2v) is 5.79. The Morgan fingerprint density at radius 2 is 1.95 bits per heavy atom. The molecule has 0 amide bonds. The first-order chi connectivity index (χ1) is 9.36. The highest BCUT2D eigenvalue weighted by molar-refractivity contribution is 7.11. The van der Waals surface area contributed by atoms with Crippen molar-refractivity contribution in [3.8, 4) is 0 Å². The summed E-state index contributed by atoms with van der Waals surface area (Å²) in [6.45, 7) is 4.12. The molecule has 0 spiro atoms. The summed E-state index contributed by atoms with van der Waals surface area (Å²) in [6.07, 6.45) is 6.79. The molecule has 0 unspecified atom stereocenters. The van der Waals surface area contributed by atoms with E-state index in [2.05, 4.69) is 32.0 Å². The molecule has 3 rings (SSSR count). The van der Waals surface area contributed by atoms with E-state index < -0.39 is 0 Å². The molecule has 0 radical (unpaired) electrons. The molecule has 100 valence electrons. The number of hydrogen-bond donors (Lipinski definition) is 0. The molecule has 3 heterocycles. The van der Waals surface area contributed by atoms with Crippen LogP contribution < -0.4 is 4.90 Å². The van der Waals surface area contributed by atoms with Crippen molar-refractivity contribution in [2.24, 2.45) is 0 Å². The molecular formula is C13H17N5S. The number of anilines is 1. The number of rotatable bonds is 3. The van der Waals surface area contributed by atoms with Crippen molar-refractivity contribution in [3.63, 3.8) is 0 Å². The van der Waals surface area contributed by atoms with Gasteiger partial charge >= 0.3 is 0 Å². The number of aromatic nitrogens is 4. The molecule has 5 nitrogen and oxygen atoms in total. The smallest absolute Gasteiger partial charge is 0.225 e. The Bertz CT molecular complexity index is 519. The Balaban J connectivity index is 1.63. The number of hydrogen-bond acceptors (Lipinski definition) is 6. The van der Waals surface area contributed by atoms with E-state index in [1.165, 1.54) is 5.01 Å².